The van der Waals surface area contributed by atoms with Gasteiger partial charge in [0.1, 0.15) is 0 Å². The molecule has 0 aliphatic rings. The third-order valence-corrected chi connectivity index (χ3v) is 12.9. The number of rotatable bonds is 6. The topological polar surface area (TPSA) is 0 Å². The van der Waals surface area contributed by atoms with Crippen LogP contribution in [0.4, 0.5) is 0 Å². The molecule has 0 saturated carbocycles. The molecule has 0 unspecified atom stereocenters. The molecule has 12 aromatic carbocycles. The second-order valence-electron chi connectivity index (χ2n) is 16.3. The van der Waals surface area contributed by atoms with Gasteiger partial charge in [-0.15, -0.1) is 0 Å². The maximum absolute atomic E-state index is 2.48. The van der Waals surface area contributed by atoms with E-state index >= 15 is 0 Å². The normalized spacial score (nSPS) is 11.5. The lowest BCUT2D eigenvalue weighted by Crippen LogP contribution is -1.95. The van der Waals surface area contributed by atoms with Gasteiger partial charge in [0.05, 0.1) is 0 Å². The maximum atomic E-state index is 2.48. The molecule has 0 saturated heterocycles. The lowest BCUT2D eigenvalue weighted by Gasteiger charge is -2.22. The molecule has 0 aliphatic heterocycles. The van der Waals surface area contributed by atoms with Crippen molar-refractivity contribution in [2.24, 2.45) is 0 Å². The second-order valence-corrected chi connectivity index (χ2v) is 16.3. The van der Waals surface area contributed by atoms with Crippen molar-refractivity contribution in [3.05, 3.63) is 243 Å². The number of fused-ring (bicyclic) bond motifs is 6. The highest BCUT2D eigenvalue weighted by Crippen LogP contribution is 2.49. The van der Waals surface area contributed by atoms with Crippen molar-refractivity contribution in [2.75, 3.05) is 0 Å². The highest BCUT2D eigenvalue weighted by Gasteiger charge is 2.22. The van der Waals surface area contributed by atoms with E-state index in [-0.39, 0.29) is 0 Å². The fraction of sp³-hybridized carbons (Fsp3) is 0. The third-order valence-electron chi connectivity index (χ3n) is 12.9. The van der Waals surface area contributed by atoms with Crippen molar-refractivity contribution < 1.29 is 0 Å². The molecular weight excluding hydrogens is 745 g/mol. The van der Waals surface area contributed by atoms with Gasteiger partial charge in [-0.3, -0.25) is 0 Å². The molecule has 12 rings (SSSR count). The van der Waals surface area contributed by atoms with Crippen molar-refractivity contribution in [1.29, 1.82) is 0 Å². The Hall–Kier alpha value is -8.06. The van der Waals surface area contributed by atoms with E-state index < -0.39 is 0 Å². The van der Waals surface area contributed by atoms with Crippen LogP contribution in [0.25, 0.3) is 121 Å². The van der Waals surface area contributed by atoms with Gasteiger partial charge in [-0.2, -0.15) is 0 Å². The van der Waals surface area contributed by atoms with Crippen LogP contribution in [-0.4, -0.2) is 0 Å². The Morgan fingerprint density at radius 2 is 0.613 bits per heavy atom. The average Bonchev–Trinajstić information content (AvgIpc) is 3.35. The summed E-state index contributed by atoms with van der Waals surface area (Å²) in [6.45, 7) is 0. The molecule has 0 radical (unpaired) electrons. The first-order chi connectivity index (χ1) is 30.8. The van der Waals surface area contributed by atoms with Crippen molar-refractivity contribution in [1.82, 2.24) is 0 Å². The SMILES string of the molecule is c1ccc(-c2ccccc2-c2ccc3ccc(-c4c5ccccc5c(-c5ccccc5)c5ccccc45)cc3c2-c2ccccc2-c2cc3ccccc3c3ccccc23)cc1. The van der Waals surface area contributed by atoms with Crippen LogP contribution in [0.1, 0.15) is 0 Å². The first-order valence-electron chi connectivity index (χ1n) is 21.5. The minimum Gasteiger partial charge on any atom is -0.0622 e. The molecule has 0 aliphatic carbocycles. The van der Waals surface area contributed by atoms with Gasteiger partial charge in [0.2, 0.25) is 0 Å². The molecule has 0 heteroatoms. The van der Waals surface area contributed by atoms with E-state index in [0.717, 1.165) is 0 Å². The van der Waals surface area contributed by atoms with Gasteiger partial charge in [-0.25, -0.2) is 0 Å². The van der Waals surface area contributed by atoms with Gasteiger partial charge in [-0.1, -0.05) is 231 Å². The number of benzene rings is 12. The summed E-state index contributed by atoms with van der Waals surface area (Å²) in [5.74, 6) is 0. The van der Waals surface area contributed by atoms with E-state index in [1.165, 1.54) is 121 Å². The minimum atomic E-state index is 1.20. The predicted octanol–water partition coefficient (Wildman–Crippen LogP) is 17.5. The summed E-state index contributed by atoms with van der Waals surface area (Å²) in [6, 6.07) is 89.5. The molecule has 0 N–H and O–H groups in total. The summed E-state index contributed by atoms with van der Waals surface area (Å²) < 4.78 is 0. The molecule has 0 atom stereocenters. The van der Waals surface area contributed by atoms with Crippen LogP contribution in [-0.2, 0) is 0 Å². The van der Waals surface area contributed by atoms with Crippen LogP contribution in [0.5, 0.6) is 0 Å². The lowest BCUT2D eigenvalue weighted by atomic mass is 9.81. The van der Waals surface area contributed by atoms with Crippen LogP contribution in [0.3, 0.4) is 0 Å². The van der Waals surface area contributed by atoms with Crippen LogP contribution >= 0.6 is 0 Å². The Morgan fingerprint density at radius 1 is 0.161 bits per heavy atom. The van der Waals surface area contributed by atoms with Gasteiger partial charge in [0.25, 0.3) is 0 Å². The van der Waals surface area contributed by atoms with E-state index in [1.807, 2.05) is 0 Å². The van der Waals surface area contributed by atoms with Crippen LogP contribution in [0, 0.1) is 0 Å². The van der Waals surface area contributed by atoms with E-state index in [2.05, 4.69) is 243 Å². The van der Waals surface area contributed by atoms with E-state index in [9.17, 15) is 0 Å². The number of hydrogen-bond donors (Lipinski definition) is 0. The first-order valence-corrected chi connectivity index (χ1v) is 21.5. The molecule has 0 nitrogen and oxygen atoms in total. The highest BCUT2D eigenvalue weighted by atomic mass is 14.2. The predicted molar refractivity (Wildman–Crippen MR) is 267 cm³/mol. The van der Waals surface area contributed by atoms with E-state index in [4.69, 9.17) is 0 Å². The molecule has 0 spiro atoms. The molecule has 0 amide bonds. The zero-order valence-corrected chi connectivity index (χ0v) is 34.1. The largest absolute Gasteiger partial charge is 0.0622 e. The van der Waals surface area contributed by atoms with Crippen LogP contribution in [0.15, 0.2) is 243 Å². The lowest BCUT2D eigenvalue weighted by molar-refractivity contribution is 1.57. The van der Waals surface area contributed by atoms with Gasteiger partial charge in [0.15, 0.2) is 0 Å². The molecule has 288 valence electrons. The average molecular weight is 785 g/mol. The number of hydrogen-bond acceptors (Lipinski definition) is 0. The maximum Gasteiger partial charge on any atom is -0.00201 e. The molecule has 0 aromatic heterocycles. The smallest absolute Gasteiger partial charge is 0.00201 e. The van der Waals surface area contributed by atoms with Crippen LogP contribution < -0.4 is 0 Å². The zero-order valence-electron chi connectivity index (χ0n) is 34.1. The van der Waals surface area contributed by atoms with Gasteiger partial charge >= 0.3 is 0 Å². The molecule has 62 heavy (non-hydrogen) atoms. The summed E-state index contributed by atoms with van der Waals surface area (Å²) in [6.07, 6.45) is 0. The molecule has 0 fully saturated rings. The fourth-order valence-corrected chi connectivity index (χ4v) is 10.1. The Kier molecular flexibility index (Phi) is 8.61. The van der Waals surface area contributed by atoms with Crippen LogP contribution in [0.2, 0.25) is 0 Å². The Balaban J connectivity index is 1.20. The molecular formula is C62H40. The highest BCUT2D eigenvalue weighted by molar-refractivity contribution is 6.23. The Morgan fingerprint density at radius 3 is 1.26 bits per heavy atom. The molecule has 0 bridgehead atoms. The summed E-state index contributed by atoms with van der Waals surface area (Å²) in [4.78, 5) is 0. The quantitative estimate of drug-likeness (QED) is 0.116. The standard InChI is InChI=1S/C62H40/c1-3-19-41(20-4-1)46-24-9-10-27-49(46)57-38-37-42-35-36-45(61-55-33-17-15-31-53(55)60(43-21-5-2-6-22-43)54-32-16-18-34-56(54)61)40-58(42)62(57)52-30-14-13-29-51(52)59-39-44-23-7-8-25-47(44)48-26-11-12-28-50(48)59/h1-40H. The molecule has 12 aromatic rings. The summed E-state index contributed by atoms with van der Waals surface area (Å²) in [7, 11) is 0. The van der Waals surface area contributed by atoms with E-state index in [1.54, 1.807) is 0 Å². The minimum absolute atomic E-state index is 1.20. The zero-order chi connectivity index (χ0) is 41.0. The van der Waals surface area contributed by atoms with Crippen molar-refractivity contribution in [3.63, 3.8) is 0 Å². The first kappa shape index (κ1) is 35.8. The summed E-state index contributed by atoms with van der Waals surface area (Å²) in [5, 5.41) is 12.5. The van der Waals surface area contributed by atoms with Gasteiger partial charge < -0.3 is 0 Å². The third kappa shape index (κ3) is 5.84. The molecule has 0 heterocycles. The summed E-state index contributed by atoms with van der Waals surface area (Å²) >= 11 is 0. The second kappa shape index (κ2) is 14.9. The monoisotopic (exact) mass is 784 g/mol. The van der Waals surface area contributed by atoms with Crippen molar-refractivity contribution in [2.45, 2.75) is 0 Å². The Bertz CT molecular complexity index is 3610. The van der Waals surface area contributed by atoms with Gasteiger partial charge in [0, 0.05) is 0 Å². The van der Waals surface area contributed by atoms with Crippen molar-refractivity contribution in [3.8, 4) is 66.8 Å². The van der Waals surface area contributed by atoms with E-state index in [0.29, 0.717) is 0 Å². The van der Waals surface area contributed by atoms with Gasteiger partial charge in [-0.05, 0) is 133 Å². The Labute approximate surface area is 361 Å². The summed E-state index contributed by atoms with van der Waals surface area (Å²) in [5.41, 5.74) is 14.7. The fourth-order valence-electron chi connectivity index (χ4n) is 10.1. The van der Waals surface area contributed by atoms with Crippen molar-refractivity contribution >= 4 is 53.9 Å².